The van der Waals surface area contributed by atoms with Crippen molar-refractivity contribution in [2.75, 3.05) is 19.5 Å². The molecular formula is C15H14ClNO4. The number of phenolic OH excluding ortho intramolecular Hbond substituents is 1. The van der Waals surface area contributed by atoms with Crippen molar-refractivity contribution >= 4 is 23.2 Å². The summed E-state index contributed by atoms with van der Waals surface area (Å²) in [6.07, 6.45) is 0. The van der Waals surface area contributed by atoms with E-state index in [4.69, 9.17) is 21.1 Å². The number of halogens is 1. The lowest BCUT2D eigenvalue weighted by Crippen LogP contribution is -2.12. The molecule has 0 aliphatic rings. The predicted molar refractivity (Wildman–Crippen MR) is 80.6 cm³/mol. The molecular weight excluding hydrogens is 294 g/mol. The molecule has 0 aliphatic carbocycles. The van der Waals surface area contributed by atoms with Gasteiger partial charge in [0.2, 0.25) is 0 Å². The fourth-order valence-electron chi connectivity index (χ4n) is 1.75. The van der Waals surface area contributed by atoms with E-state index in [-0.39, 0.29) is 11.3 Å². The van der Waals surface area contributed by atoms with Crippen LogP contribution in [-0.4, -0.2) is 25.2 Å². The molecule has 0 spiro atoms. The van der Waals surface area contributed by atoms with Gasteiger partial charge in [-0.25, -0.2) is 0 Å². The van der Waals surface area contributed by atoms with Gasteiger partial charge in [-0.3, -0.25) is 4.79 Å². The van der Waals surface area contributed by atoms with Crippen molar-refractivity contribution in [2.24, 2.45) is 0 Å². The highest BCUT2D eigenvalue weighted by Gasteiger charge is 2.12. The molecule has 6 heteroatoms. The zero-order chi connectivity index (χ0) is 15.4. The molecule has 0 saturated heterocycles. The van der Waals surface area contributed by atoms with E-state index in [1.165, 1.54) is 26.4 Å². The maximum absolute atomic E-state index is 12.2. The number of nitrogens with one attached hydrogen (secondary N) is 1. The Balaban J connectivity index is 2.23. The lowest BCUT2D eigenvalue weighted by molar-refractivity contribution is 0.102. The first-order chi connectivity index (χ1) is 10.0. The summed E-state index contributed by atoms with van der Waals surface area (Å²) < 4.78 is 10.0. The first kappa shape index (κ1) is 15.0. The Morgan fingerprint density at radius 1 is 1.14 bits per heavy atom. The summed E-state index contributed by atoms with van der Waals surface area (Å²) in [6, 6.07) is 9.31. The summed E-state index contributed by atoms with van der Waals surface area (Å²) in [5.74, 6) is 0.364. The number of hydrogen-bond acceptors (Lipinski definition) is 4. The van der Waals surface area contributed by atoms with E-state index >= 15 is 0 Å². The number of hydrogen-bond donors (Lipinski definition) is 2. The number of carbonyl (C=O) groups is 1. The van der Waals surface area contributed by atoms with E-state index in [0.717, 1.165) is 0 Å². The summed E-state index contributed by atoms with van der Waals surface area (Å²) in [5.41, 5.74) is 0.712. The van der Waals surface area contributed by atoms with Crippen LogP contribution in [0, 0.1) is 0 Å². The van der Waals surface area contributed by atoms with Crippen molar-refractivity contribution in [3.63, 3.8) is 0 Å². The van der Waals surface area contributed by atoms with Crippen LogP contribution in [0.25, 0.3) is 0 Å². The van der Waals surface area contributed by atoms with Crippen LogP contribution < -0.4 is 14.8 Å². The smallest absolute Gasteiger partial charge is 0.255 e. The maximum Gasteiger partial charge on any atom is 0.255 e. The normalized spacial score (nSPS) is 10.0. The number of benzene rings is 2. The maximum atomic E-state index is 12.2. The molecule has 2 rings (SSSR count). The fourth-order valence-corrected chi connectivity index (χ4v) is 1.92. The number of methoxy groups -OCH3 is 2. The second-order valence-electron chi connectivity index (χ2n) is 4.19. The van der Waals surface area contributed by atoms with E-state index in [2.05, 4.69) is 5.32 Å². The van der Waals surface area contributed by atoms with Crippen LogP contribution in [-0.2, 0) is 0 Å². The average molecular weight is 308 g/mol. The molecule has 5 nitrogen and oxygen atoms in total. The third-order valence-electron chi connectivity index (χ3n) is 2.86. The van der Waals surface area contributed by atoms with Gasteiger partial charge in [0.1, 0.15) is 5.75 Å². The second kappa shape index (κ2) is 6.37. The molecule has 1 amide bonds. The Morgan fingerprint density at radius 3 is 2.52 bits per heavy atom. The predicted octanol–water partition coefficient (Wildman–Crippen LogP) is 3.32. The standard InChI is InChI=1S/C15H14ClNO4/c1-20-10-4-5-11(16)12(8-10)17-15(19)9-3-6-14(21-2)13(18)7-9/h3-8,18H,1-2H3,(H,17,19). The molecule has 0 fully saturated rings. The molecule has 2 aromatic rings. The fraction of sp³-hybridized carbons (Fsp3) is 0.133. The van der Waals surface area contributed by atoms with Gasteiger partial charge in [0.05, 0.1) is 24.9 Å². The van der Waals surface area contributed by atoms with Crippen molar-refractivity contribution in [3.8, 4) is 17.2 Å². The Hall–Kier alpha value is -2.40. The highest BCUT2D eigenvalue weighted by Crippen LogP contribution is 2.29. The van der Waals surface area contributed by atoms with E-state index in [1.807, 2.05) is 0 Å². The number of ether oxygens (including phenoxy) is 2. The van der Waals surface area contributed by atoms with Gasteiger partial charge in [0.25, 0.3) is 5.91 Å². The molecule has 0 atom stereocenters. The van der Waals surface area contributed by atoms with Gasteiger partial charge in [-0.2, -0.15) is 0 Å². The van der Waals surface area contributed by atoms with Crippen molar-refractivity contribution in [1.82, 2.24) is 0 Å². The molecule has 0 bridgehead atoms. The Labute approximate surface area is 127 Å². The summed E-state index contributed by atoms with van der Waals surface area (Å²) in [6.45, 7) is 0. The SMILES string of the molecule is COc1ccc(Cl)c(NC(=O)c2ccc(OC)c(O)c2)c1. The van der Waals surface area contributed by atoms with Gasteiger partial charge < -0.3 is 19.9 Å². The van der Waals surface area contributed by atoms with Crippen LogP contribution in [0.2, 0.25) is 5.02 Å². The van der Waals surface area contributed by atoms with Crippen LogP contribution in [0.15, 0.2) is 36.4 Å². The summed E-state index contributed by atoms with van der Waals surface area (Å²) >= 11 is 6.02. The lowest BCUT2D eigenvalue weighted by Gasteiger charge is -2.10. The number of phenols is 1. The monoisotopic (exact) mass is 307 g/mol. The minimum absolute atomic E-state index is 0.109. The first-order valence-electron chi connectivity index (χ1n) is 6.07. The quantitative estimate of drug-likeness (QED) is 0.909. The van der Waals surface area contributed by atoms with Gasteiger partial charge in [-0.1, -0.05) is 11.6 Å². The summed E-state index contributed by atoms with van der Waals surface area (Å²) in [4.78, 5) is 12.2. The van der Waals surface area contributed by atoms with Crippen LogP contribution in [0.4, 0.5) is 5.69 Å². The molecule has 2 N–H and O–H groups in total. The lowest BCUT2D eigenvalue weighted by atomic mass is 10.2. The van der Waals surface area contributed by atoms with Gasteiger partial charge in [0.15, 0.2) is 11.5 Å². The van der Waals surface area contributed by atoms with Crippen LogP contribution in [0.5, 0.6) is 17.2 Å². The molecule has 0 unspecified atom stereocenters. The molecule has 21 heavy (non-hydrogen) atoms. The zero-order valence-corrected chi connectivity index (χ0v) is 12.3. The van der Waals surface area contributed by atoms with E-state index < -0.39 is 5.91 Å². The third kappa shape index (κ3) is 3.38. The molecule has 2 aromatic carbocycles. The van der Waals surface area contributed by atoms with Gasteiger partial charge in [-0.05, 0) is 30.3 Å². The van der Waals surface area contributed by atoms with Gasteiger partial charge in [-0.15, -0.1) is 0 Å². The van der Waals surface area contributed by atoms with Crippen molar-refractivity contribution < 1.29 is 19.4 Å². The topological polar surface area (TPSA) is 67.8 Å². The minimum Gasteiger partial charge on any atom is -0.504 e. The van der Waals surface area contributed by atoms with Crippen molar-refractivity contribution in [1.29, 1.82) is 0 Å². The zero-order valence-electron chi connectivity index (χ0n) is 11.5. The largest absolute Gasteiger partial charge is 0.504 e. The molecule has 0 radical (unpaired) electrons. The molecule has 0 aromatic heterocycles. The summed E-state index contributed by atoms with van der Waals surface area (Å²) in [7, 11) is 2.96. The Morgan fingerprint density at radius 2 is 1.90 bits per heavy atom. The van der Waals surface area contributed by atoms with Crippen LogP contribution >= 0.6 is 11.6 Å². The number of rotatable bonds is 4. The van der Waals surface area contributed by atoms with Crippen molar-refractivity contribution in [3.05, 3.63) is 47.0 Å². The second-order valence-corrected chi connectivity index (χ2v) is 4.59. The molecule has 0 saturated carbocycles. The molecule has 0 aliphatic heterocycles. The average Bonchev–Trinajstić information content (AvgIpc) is 2.49. The highest BCUT2D eigenvalue weighted by molar-refractivity contribution is 6.34. The van der Waals surface area contributed by atoms with Crippen LogP contribution in [0.1, 0.15) is 10.4 Å². The number of amides is 1. The van der Waals surface area contributed by atoms with E-state index in [0.29, 0.717) is 22.2 Å². The van der Waals surface area contributed by atoms with E-state index in [9.17, 15) is 9.90 Å². The Bertz CT molecular complexity index is 673. The van der Waals surface area contributed by atoms with Gasteiger partial charge in [0, 0.05) is 11.6 Å². The van der Waals surface area contributed by atoms with Crippen LogP contribution in [0.3, 0.4) is 0 Å². The first-order valence-corrected chi connectivity index (χ1v) is 6.45. The molecule has 110 valence electrons. The summed E-state index contributed by atoms with van der Waals surface area (Å²) in [5, 5.41) is 12.7. The Kier molecular flexibility index (Phi) is 4.55. The van der Waals surface area contributed by atoms with Crippen molar-refractivity contribution in [2.45, 2.75) is 0 Å². The number of anilines is 1. The highest BCUT2D eigenvalue weighted by atomic mass is 35.5. The number of carbonyl (C=O) groups excluding carboxylic acids is 1. The van der Waals surface area contributed by atoms with E-state index in [1.54, 1.807) is 24.3 Å². The third-order valence-corrected chi connectivity index (χ3v) is 3.19. The molecule has 0 heterocycles. The minimum atomic E-state index is -0.400. The number of aromatic hydroxyl groups is 1. The van der Waals surface area contributed by atoms with Gasteiger partial charge >= 0.3 is 0 Å².